The third-order valence-corrected chi connectivity index (χ3v) is 16.1. The molecule has 9 atom stereocenters. The predicted octanol–water partition coefficient (Wildman–Crippen LogP) is 6.91. The number of aromatic amines is 1. The van der Waals surface area contributed by atoms with Gasteiger partial charge in [-0.05, 0) is 96.8 Å². The number of hydrogen-bond acceptors (Lipinski definition) is 11. The Morgan fingerprint density at radius 1 is 0.953 bits per heavy atom. The molecule has 0 radical (unpaired) electrons. The Kier molecular flexibility index (Phi) is 9.88. The van der Waals surface area contributed by atoms with Gasteiger partial charge in [0.15, 0.2) is 6.10 Å². The quantitative estimate of drug-likeness (QED) is 0.109. The summed E-state index contributed by atoms with van der Waals surface area (Å²) >= 11 is 0. The number of rotatable bonds is 8. The van der Waals surface area contributed by atoms with Gasteiger partial charge in [-0.25, -0.2) is 9.18 Å². The molecule has 6 aliphatic rings. The van der Waals surface area contributed by atoms with Gasteiger partial charge in [-0.15, -0.1) is 0 Å². The van der Waals surface area contributed by atoms with E-state index < -0.39 is 51.9 Å². The van der Waals surface area contributed by atoms with Crippen LogP contribution in [-0.2, 0) is 46.0 Å². The van der Waals surface area contributed by atoms with Crippen molar-refractivity contribution in [2.75, 3.05) is 52.9 Å². The summed E-state index contributed by atoms with van der Waals surface area (Å²) in [5.41, 5.74) is 2.01. The van der Waals surface area contributed by atoms with E-state index in [-0.39, 0.29) is 17.8 Å². The number of anilines is 1. The summed E-state index contributed by atoms with van der Waals surface area (Å²) in [6.07, 6.45) is 7.95. The van der Waals surface area contributed by atoms with E-state index in [0.717, 1.165) is 51.8 Å². The largest absolute Gasteiger partial charge is 0.496 e. The van der Waals surface area contributed by atoms with E-state index >= 15 is 4.79 Å². The number of aliphatic hydroxyl groups is 1. The average molecular weight is 873 g/mol. The van der Waals surface area contributed by atoms with Crippen LogP contribution in [0.25, 0.3) is 22.0 Å². The number of carbonyl (C=O) groups excluding carboxylic acids is 3. The number of H-pyrrole nitrogens is 1. The Bertz CT molecular complexity index is 2680. The number of hydrogen-bond donors (Lipinski definition) is 2. The fourth-order valence-corrected chi connectivity index (χ4v) is 13.8. The number of esters is 3. The predicted molar refractivity (Wildman–Crippen MR) is 239 cm³/mol. The number of ether oxygens (including phenoxy) is 4. The summed E-state index contributed by atoms with van der Waals surface area (Å²) in [6, 6.07) is 15.4. The fraction of sp³-hybridized carbons (Fsp3) is 0.471. The third kappa shape index (κ3) is 5.55. The summed E-state index contributed by atoms with van der Waals surface area (Å²) in [6.45, 7) is 8.17. The van der Waals surface area contributed by atoms with Gasteiger partial charge in [0.2, 0.25) is 5.60 Å². The van der Waals surface area contributed by atoms with Gasteiger partial charge in [0.05, 0.1) is 27.4 Å². The first-order valence-corrected chi connectivity index (χ1v) is 22.5. The van der Waals surface area contributed by atoms with Gasteiger partial charge in [0.25, 0.3) is 0 Å². The SMILES string of the molecule is CCC1=C[C@H]2CN(C1)Cc1c([nH]c3ccc(-c4cccc(F)c4)cc13)[C@@](C(=O)OC)(c1cc3c(cc1OC)N(C)[C@H]1[C@@](O)(C(=O)OC)[C@H](OC(C)=O)[C@]4(CC)CC=CN5CC[C@]31[C@@H]54)C2. The summed E-state index contributed by atoms with van der Waals surface area (Å²) in [5.74, 6) is -1.84. The van der Waals surface area contributed by atoms with Gasteiger partial charge in [-0.1, -0.05) is 49.8 Å². The van der Waals surface area contributed by atoms with E-state index in [9.17, 15) is 19.1 Å². The number of aromatic nitrogens is 1. The number of fused-ring (bicyclic) bond motifs is 6. The number of methoxy groups -OCH3 is 3. The molecule has 336 valence electrons. The number of likely N-dealkylation sites (N-methyl/N-ethyl adjacent to an activating group) is 1. The van der Waals surface area contributed by atoms with Crippen molar-refractivity contribution >= 4 is 34.5 Å². The normalized spacial score (nSPS) is 32.1. The number of benzene rings is 3. The highest BCUT2D eigenvalue weighted by atomic mass is 19.1. The van der Waals surface area contributed by atoms with E-state index in [2.05, 4.69) is 52.2 Å². The maximum Gasteiger partial charge on any atom is 0.344 e. The molecular formula is C51H57FN4O8. The number of carbonyl (C=O) groups is 3. The lowest BCUT2D eigenvalue weighted by atomic mass is 9.47. The van der Waals surface area contributed by atoms with Crippen LogP contribution in [0.15, 0.2) is 78.5 Å². The monoisotopic (exact) mass is 872 g/mol. The zero-order valence-electron chi connectivity index (χ0n) is 37.6. The second kappa shape index (κ2) is 14.9. The standard InChI is InChI=1S/C51H57FN4O8/c1-8-30-20-31-25-50(46(58)62-6,42-36(28-55(26-30)27-31)35-22-33(14-15-39(35)53-42)32-12-10-13-34(52)21-32)38-23-37-40(24-41(38)61-5)54(4)44-49(37)17-19-56-18-11-16-48(9-2,43(49)56)45(64-29(3)57)51(44,60)47(59)63-7/h10-15,18,20-24,31,43-45,53,60H,8-9,16-17,19,25-28H2,1-7H3/t31-,43+,44-,45-,48-,49-,50+,51+/m1/s1. The Labute approximate surface area is 373 Å². The molecule has 2 N–H and O–H groups in total. The molecule has 10 rings (SSSR count). The van der Waals surface area contributed by atoms with Crippen LogP contribution in [0, 0.1) is 17.2 Å². The van der Waals surface area contributed by atoms with Crippen LogP contribution in [0.3, 0.4) is 0 Å². The number of nitrogens with zero attached hydrogens (tertiary/aromatic N) is 3. The zero-order chi connectivity index (χ0) is 45.1. The van der Waals surface area contributed by atoms with Crippen molar-refractivity contribution in [1.82, 2.24) is 14.8 Å². The molecule has 2 bridgehead atoms. The average Bonchev–Trinajstić information content (AvgIpc) is 3.94. The van der Waals surface area contributed by atoms with Crippen LogP contribution in [0.1, 0.15) is 75.3 Å². The highest BCUT2D eigenvalue weighted by molar-refractivity contribution is 5.96. The van der Waals surface area contributed by atoms with Crippen molar-refractivity contribution < 1.29 is 42.8 Å². The smallest absolute Gasteiger partial charge is 0.344 e. The molecular weight excluding hydrogens is 816 g/mol. The van der Waals surface area contributed by atoms with Crippen LogP contribution < -0.4 is 9.64 Å². The molecule has 3 aromatic carbocycles. The first-order valence-electron chi connectivity index (χ1n) is 22.5. The van der Waals surface area contributed by atoms with Crippen molar-refractivity contribution in [2.24, 2.45) is 11.3 Å². The highest BCUT2D eigenvalue weighted by Crippen LogP contribution is 2.69. The Balaban J connectivity index is 1.28. The molecule has 4 aromatic rings. The van der Waals surface area contributed by atoms with E-state index in [1.807, 2.05) is 43.1 Å². The lowest BCUT2D eigenvalue weighted by molar-refractivity contribution is -0.235. The topological polar surface area (TPSA) is 134 Å². The summed E-state index contributed by atoms with van der Waals surface area (Å²) in [7, 11) is 6.15. The molecule has 12 nitrogen and oxygen atoms in total. The minimum atomic E-state index is -2.30. The van der Waals surface area contributed by atoms with Gasteiger partial charge in [-0.3, -0.25) is 14.5 Å². The van der Waals surface area contributed by atoms with E-state index in [1.54, 1.807) is 13.2 Å². The van der Waals surface area contributed by atoms with Crippen molar-refractivity contribution in [1.29, 1.82) is 0 Å². The second-order valence-corrected chi connectivity index (χ2v) is 19.0. The number of nitrogens with one attached hydrogen (secondary N) is 1. The molecule has 1 spiro atoms. The maximum absolute atomic E-state index is 15.5. The van der Waals surface area contributed by atoms with Crippen molar-refractivity contribution in [2.45, 2.75) is 94.0 Å². The van der Waals surface area contributed by atoms with E-state index in [1.165, 1.54) is 38.8 Å². The van der Waals surface area contributed by atoms with Crippen molar-refractivity contribution in [3.8, 4) is 16.9 Å². The Hall–Kier alpha value is -5.66. The Morgan fingerprint density at radius 3 is 2.44 bits per heavy atom. The van der Waals surface area contributed by atoms with Gasteiger partial charge in [-0.2, -0.15) is 0 Å². The van der Waals surface area contributed by atoms with Crippen LogP contribution in [0.5, 0.6) is 5.75 Å². The number of halogens is 1. The summed E-state index contributed by atoms with van der Waals surface area (Å²) < 4.78 is 38.7. The van der Waals surface area contributed by atoms with Crippen LogP contribution in [-0.4, -0.2) is 110 Å². The molecule has 0 amide bonds. The van der Waals surface area contributed by atoms with E-state index in [4.69, 9.17) is 18.9 Å². The maximum atomic E-state index is 15.5. The molecule has 1 aromatic heterocycles. The number of allylic oxidation sites excluding steroid dienone is 1. The van der Waals surface area contributed by atoms with Crippen molar-refractivity contribution in [3.63, 3.8) is 0 Å². The minimum absolute atomic E-state index is 0.0430. The van der Waals surface area contributed by atoms with E-state index in [0.29, 0.717) is 62.3 Å². The lowest BCUT2D eigenvalue weighted by Crippen LogP contribution is -2.81. The molecule has 13 heteroatoms. The zero-order valence-corrected chi connectivity index (χ0v) is 37.6. The van der Waals surface area contributed by atoms with Crippen molar-refractivity contribution in [3.05, 3.63) is 107 Å². The molecule has 6 heterocycles. The lowest BCUT2D eigenvalue weighted by Gasteiger charge is -2.64. The first kappa shape index (κ1) is 42.3. The van der Waals surface area contributed by atoms with Crippen LogP contribution >= 0.6 is 0 Å². The molecule has 2 fully saturated rings. The first-order chi connectivity index (χ1) is 30.7. The third-order valence-electron chi connectivity index (χ3n) is 16.1. The summed E-state index contributed by atoms with van der Waals surface area (Å²) in [5, 5.41) is 14.3. The summed E-state index contributed by atoms with van der Waals surface area (Å²) in [4.78, 5) is 53.5. The second-order valence-electron chi connectivity index (χ2n) is 19.0. The van der Waals surface area contributed by atoms with Gasteiger partial charge < -0.3 is 38.8 Å². The molecule has 1 saturated carbocycles. The fourth-order valence-electron chi connectivity index (χ4n) is 13.8. The van der Waals surface area contributed by atoms with Crippen LogP contribution in [0.4, 0.5) is 10.1 Å². The molecule has 64 heavy (non-hydrogen) atoms. The van der Waals surface area contributed by atoms with Gasteiger partial charge in [0, 0.05) is 90.9 Å². The molecule has 1 saturated heterocycles. The molecule has 1 aliphatic carbocycles. The van der Waals surface area contributed by atoms with Crippen LogP contribution in [0.2, 0.25) is 0 Å². The Morgan fingerprint density at radius 2 is 1.73 bits per heavy atom. The molecule has 1 unspecified atom stereocenters. The molecule has 5 aliphatic heterocycles. The minimum Gasteiger partial charge on any atom is -0.496 e. The highest BCUT2D eigenvalue weighted by Gasteiger charge is 2.80. The van der Waals surface area contributed by atoms with Gasteiger partial charge >= 0.3 is 17.9 Å². The van der Waals surface area contributed by atoms with Gasteiger partial charge in [0.1, 0.15) is 17.0 Å².